The molecule has 2 aliphatic rings. The molecular formula is C18H27N3O2. The number of aliphatic imine (C=N–C) groups is 1. The van der Waals surface area contributed by atoms with Crippen molar-refractivity contribution in [3.05, 3.63) is 29.3 Å². The number of hydrogen-bond donors (Lipinski definition) is 2. The highest BCUT2D eigenvalue weighted by Gasteiger charge is 2.19. The molecule has 0 amide bonds. The molecule has 0 atom stereocenters. The number of hydrogen-bond acceptors (Lipinski definition) is 3. The Morgan fingerprint density at radius 1 is 1.39 bits per heavy atom. The minimum atomic E-state index is -0.150. The molecule has 0 aromatic heterocycles. The van der Waals surface area contributed by atoms with E-state index in [9.17, 15) is 5.11 Å². The lowest BCUT2D eigenvalue weighted by Gasteiger charge is -2.32. The molecule has 0 spiro atoms. The molecule has 3 rings (SSSR count). The molecule has 5 nitrogen and oxygen atoms in total. The molecule has 23 heavy (non-hydrogen) atoms. The van der Waals surface area contributed by atoms with Gasteiger partial charge in [-0.05, 0) is 43.4 Å². The van der Waals surface area contributed by atoms with Crippen molar-refractivity contribution in [2.75, 3.05) is 32.8 Å². The zero-order valence-electron chi connectivity index (χ0n) is 13.9. The van der Waals surface area contributed by atoms with Crippen LogP contribution in [0.1, 0.15) is 30.9 Å². The monoisotopic (exact) mass is 317 g/mol. The minimum absolute atomic E-state index is 0.150. The lowest BCUT2D eigenvalue weighted by atomic mass is 10.1. The van der Waals surface area contributed by atoms with Crippen LogP contribution in [0.15, 0.2) is 23.2 Å². The predicted octanol–water partition coefficient (Wildman–Crippen LogP) is 1.59. The van der Waals surface area contributed by atoms with Crippen LogP contribution in [0.3, 0.4) is 0 Å². The Hall–Kier alpha value is -1.75. The van der Waals surface area contributed by atoms with E-state index in [1.165, 1.54) is 11.1 Å². The van der Waals surface area contributed by atoms with E-state index in [2.05, 4.69) is 35.3 Å². The number of nitrogens with one attached hydrogen (secondary N) is 1. The topological polar surface area (TPSA) is 57.1 Å². The fourth-order valence-corrected chi connectivity index (χ4v) is 3.19. The Bertz CT molecular complexity index is 551. The van der Waals surface area contributed by atoms with Gasteiger partial charge in [0.15, 0.2) is 5.96 Å². The van der Waals surface area contributed by atoms with Crippen LogP contribution in [0.2, 0.25) is 0 Å². The second kappa shape index (κ2) is 7.68. The summed E-state index contributed by atoms with van der Waals surface area (Å²) in [5.74, 6) is 2.02. The predicted molar refractivity (Wildman–Crippen MR) is 92.1 cm³/mol. The van der Waals surface area contributed by atoms with Gasteiger partial charge in [-0.3, -0.25) is 4.99 Å². The van der Waals surface area contributed by atoms with Gasteiger partial charge in [-0.25, -0.2) is 0 Å². The smallest absolute Gasteiger partial charge is 0.193 e. The second-order valence-electron chi connectivity index (χ2n) is 6.24. The molecule has 2 N–H and O–H groups in total. The quantitative estimate of drug-likeness (QED) is 0.654. The Labute approximate surface area is 138 Å². The average Bonchev–Trinajstić information content (AvgIpc) is 3.02. The summed E-state index contributed by atoms with van der Waals surface area (Å²) in [5.41, 5.74) is 2.64. The lowest BCUT2D eigenvalue weighted by molar-refractivity contribution is 0.108. The molecule has 0 saturated carbocycles. The number of nitrogens with zero attached hydrogens (tertiary/aromatic N) is 2. The molecule has 1 saturated heterocycles. The zero-order valence-corrected chi connectivity index (χ0v) is 13.9. The van der Waals surface area contributed by atoms with Crippen LogP contribution in [0.4, 0.5) is 0 Å². The van der Waals surface area contributed by atoms with Crippen LogP contribution in [0.5, 0.6) is 5.75 Å². The molecule has 2 heterocycles. The molecule has 2 aliphatic heterocycles. The number of ether oxygens (including phenoxy) is 1. The van der Waals surface area contributed by atoms with E-state index in [1.807, 2.05) is 0 Å². The van der Waals surface area contributed by atoms with Crippen LogP contribution in [0.25, 0.3) is 0 Å². The van der Waals surface area contributed by atoms with Gasteiger partial charge in [0, 0.05) is 32.6 Å². The summed E-state index contributed by atoms with van der Waals surface area (Å²) in [6.07, 6.45) is 3.47. The number of piperidine rings is 1. The highest BCUT2D eigenvalue weighted by atomic mass is 16.5. The van der Waals surface area contributed by atoms with Crippen LogP contribution in [-0.4, -0.2) is 54.9 Å². The third kappa shape index (κ3) is 4.16. The summed E-state index contributed by atoms with van der Waals surface area (Å²) in [4.78, 5) is 7.03. The van der Waals surface area contributed by atoms with Crippen LogP contribution < -0.4 is 10.1 Å². The van der Waals surface area contributed by atoms with Gasteiger partial charge in [0.05, 0.1) is 12.7 Å². The first kappa shape index (κ1) is 16.1. The van der Waals surface area contributed by atoms with Crippen LogP contribution in [-0.2, 0) is 12.8 Å². The maximum absolute atomic E-state index is 9.64. The summed E-state index contributed by atoms with van der Waals surface area (Å²) >= 11 is 0. The van der Waals surface area contributed by atoms with Crippen molar-refractivity contribution in [2.45, 2.75) is 38.7 Å². The summed E-state index contributed by atoms with van der Waals surface area (Å²) in [6.45, 7) is 6.30. The standard InChI is InChI=1S/C18H27N3O2/c1-2-19-18(21-10-6-16(22)7-11-21)20-9-5-14-3-4-17-15(13-14)8-12-23-17/h3-4,13,16,22H,2,5-12H2,1H3,(H,19,20). The first-order valence-electron chi connectivity index (χ1n) is 8.72. The van der Waals surface area contributed by atoms with Crippen LogP contribution >= 0.6 is 0 Å². The SMILES string of the molecule is CCNC(=NCCc1ccc2c(c1)CCO2)N1CCC(O)CC1. The Morgan fingerprint density at radius 2 is 2.22 bits per heavy atom. The number of benzene rings is 1. The number of likely N-dealkylation sites (tertiary alicyclic amines) is 1. The second-order valence-corrected chi connectivity index (χ2v) is 6.24. The number of rotatable bonds is 4. The van der Waals surface area contributed by atoms with Crippen molar-refractivity contribution in [2.24, 2.45) is 4.99 Å². The summed E-state index contributed by atoms with van der Waals surface area (Å²) in [7, 11) is 0. The van der Waals surface area contributed by atoms with E-state index in [1.54, 1.807) is 0 Å². The van der Waals surface area contributed by atoms with Gasteiger partial charge in [-0.1, -0.05) is 12.1 Å². The van der Waals surface area contributed by atoms with E-state index < -0.39 is 0 Å². The zero-order chi connectivity index (χ0) is 16.1. The molecule has 5 heteroatoms. The van der Waals surface area contributed by atoms with Crippen molar-refractivity contribution >= 4 is 5.96 Å². The summed E-state index contributed by atoms with van der Waals surface area (Å²) in [5, 5.41) is 13.0. The third-order valence-corrected chi connectivity index (χ3v) is 4.51. The number of fused-ring (bicyclic) bond motifs is 1. The van der Waals surface area contributed by atoms with Crippen molar-refractivity contribution < 1.29 is 9.84 Å². The normalized spacial score (nSPS) is 18.7. The molecule has 0 aliphatic carbocycles. The van der Waals surface area contributed by atoms with E-state index in [4.69, 9.17) is 9.73 Å². The fraction of sp³-hybridized carbons (Fsp3) is 0.611. The van der Waals surface area contributed by atoms with Gasteiger partial charge in [0.25, 0.3) is 0 Å². The molecule has 0 bridgehead atoms. The summed E-state index contributed by atoms with van der Waals surface area (Å²) < 4.78 is 5.55. The Kier molecular flexibility index (Phi) is 5.39. The maximum atomic E-state index is 9.64. The highest BCUT2D eigenvalue weighted by molar-refractivity contribution is 5.80. The molecule has 126 valence electrons. The number of aliphatic hydroxyl groups excluding tert-OH is 1. The van der Waals surface area contributed by atoms with Gasteiger partial charge in [0.2, 0.25) is 0 Å². The van der Waals surface area contributed by atoms with Crippen LogP contribution in [0, 0.1) is 0 Å². The van der Waals surface area contributed by atoms with Crippen molar-refractivity contribution in [3.8, 4) is 5.75 Å². The van der Waals surface area contributed by atoms with Gasteiger partial charge in [0.1, 0.15) is 5.75 Å². The fourth-order valence-electron chi connectivity index (χ4n) is 3.19. The largest absolute Gasteiger partial charge is 0.493 e. The number of guanidine groups is 1. The molecule has 0 unspecified atom stereocenters. The number of aliphatic hydroxyl groups is 1. The Morgan fingerprint density at radius 3 is 3.00 bits per heavy atom. The average molecular weight is 317 g/mol. The van der Waals surface area contributed by atoms with E-state index >= 15 is 0 Å². The minimum Gasteiger partial charge on any atom is -0.493 e. The summed E-state index contributed by atoms with van der Waals surface area (Å²) in [6, 6.07) is 6.48. The molecule has 1 fully saturated rings. The van der Waals surface area contributed by atoms with Crippen molar-refractivity contribution in [1.29, 1.82) is 0 Å². The van der Waals surface area contributed by atoms with E-state index in [0.717, 1.165) is 70.2 Å². The Balaban J connectivity index is 1.57. The van der Waals surface area contributed by atoms with E-state index in [0.29, 0.717) is 0 Å². The van der Waals surface area contributed by atoms with Crippen molar-refractivity contribution in [1.82, 2.24) is 10.2 Å². The van der Waals surface area contributed by atoms with Gasteiger partial charge < -0.3 is 20.1 Å². The molecular weight excluding hydrogens is 290 g/mol. The third-order valence-electron chi connectivity index (χ3n) is 4.51. The molecule has 0 radical (unpaired) electrons. The first-order chi connectivity index (χ1) is 11.3. The first-order valence-corrected chi connectivity index (χ1v) is 8.72. The van der Waals surface area contributed by atoms with E-state index in [-0.39, 0.29) is 6.10 Å². The maximum Gasteiger partial charge on any atom is 0.193 e. The van der Waals surface area contributed by atoms with Gasteiger partial charge in [-0.2, -0.15) is 0 Å². The van der Waals surface area contributed by atoms with Gasteiger partial charge in [-0.15, -0.1) is 0 Å². The lowest BCUT2D eigenvalue weighted by Crippen LogP contribution is -2.46. The molecule has 1 aromatic rings. The van der Waals surface area contributed by atoms with Crippen molar-refractivity contribution in [3.63, 3.8) is 0 Å². The molecule has 1 aromatic carbocycles. The van der Waals surface area contributed by atoms with Gasteiger partial charge >= 0.3 is 0 Å². The highest BCUT2D eigenvalue weighted by Crippen LogP contribution is 2.26.